The van der Waals surface area contributed by atoms with Gasteiger partial charge in [-0.15, -0.1) is 0 Å². The highest BCUT2D eigenvalue weighted by Gasteiger charge is 1.93. The molecule has 0 radical (unpaired) electrons. The maximum Gasteiger partial charge on any atom is 0.188 e. The van der Waals surface area contributed by atoms with Gasteiger partial charge in [0.2, 0.25) is 0 Å². The minimum absolute atomic E-state index is 0.364. The molecule has 1 atom stereocenters. The number of nitrogens with one attached hydrogen (secondary N) is 1. The van der Waals surface area contributed by atoms with Gasteiger partial charge in [-0.2, -0.15) is 0 Å². The highest BCUT2D eigenvalue weighted by molar-refractivity contribution is 5.77. The number of nitrogens with two attached hydrogens (primary N) is 1. The number of aliphatic hydroxyl groups excluding tert-OH is 1. The van der Waals surface area contributed by atoms with Crippen LogP contribution in [0.1, 0.15) is 20.3 Å². The Morgan fingerprint density at radius 3 is 2.82 bits per heavy atom. The summed E-state index contributed by atoms with van der Waals surface area (Å²) >= 11 is 0. The Balaban J connectivity index is 3.46. The fourth-order valence-corrected chi connectivity index (χ4v) is 0.539. The highest BCUT2D eigenvalue weighted by Crippen LogP contribution is 1.79. The largest absolute Gasteiger partial charge is 0.391 e. The van der Waals surface area contributed by atoms with Crippen molar-refractivity contribution in [2.75, 3.05) is 13.1 Å². The molecule has 4 N–H and O–H groups in total. The Labute approximate surface area is 67.5 Å². The second kappa shape index (κ2) is 5.97. The fraction of sp³-hybridized carbons (Fsp3) is 0.857. The molecular weight excluding hydrogens is 142 g/mol. The third kappa shape index (κ3) is 7.12. The van der Waals surface area contributed by atoms with Crippen molar-refractivity contribution in [2.45, 2.75) is 26.4 Å². The molecule has 0 aromatic rings. The van der Waals surface area contributed by atoms with Crippen LogP contribution in [0.2, 0.25) is 0 Å². The van der Waals surface area contributed by atoms with Gasteiger partial charge in [0.05, 0.1) is 12.6 Å². The van der Waals surface area contributed by atoms with Crippen molar-refractivity contribution in [2.24, 2.45) is 10.7 Å². The predicted octanol–water partition coefficient (Wildman–Crippen LogP) is -0.318. The number of hydrogen-bond acceptors (Lipinski definition) is 2. The van der Waals surface area contributed by atoms with E-state index in [1.54, 1.807) is 6.92 Å². The van der Waals surface area contributed by atoms with Gasteiger partial charge in [-0.05, 0) is 13.3 Å². The van der Waals surface area contributed by atoms with Gasteiger partial charge in [-0.1, -0.05) is 6.92 Å². The summed E-state index contributed by atoms with van der Waals surface area (Å²) in [4.78, 5) is 3.89. The topological polar surface area (TPSA) is 70.6 Å². The lowest BCUT2D eigenvalue weighted by Crippen LogP contribution is -2.32. The van der Waals surface area contributed by atoms with Gasteiger partial charge in [0.15, 0.2) is 5.96 Å². The van der Waals surface area contributed by atoms with E-state index in [4.69, 9.17) is 10.8 Å². The smallest absolute Gasteiger partial charge is 0.188 e. The van der Waals surface area contributed by atoms with Crippen molar-refractivity contribution in [3.05, 3.63) is 0 Å². The maximum absolute atomic E-state index is 8.84. The van der Waals surface area contributed by atoms with Gasteiger partial charge in [0.25, 0.3) is 0 Å². The summed E-state index contributed by atoms with van der Waals surface area (Å²) in [6, 6.07) is 0. The molecule has 0 aliphatic carbocycles. The van der Waals surface area contributed by atoms with Crippen LogP contribution in [0.15, 0.2) is 4.99 Å². The minimum Gasteiger partial charge on any atom is -0.391 e. The summed E-state index contributed by atoms with van der Waals surface area (Å²) in [7, 11) is 0. The van der Waals surface area contributed by atoms with Gasteiger partial charge in [-0.3, -0.25) is 4.99 Å². The Morgan fingerprint density at radius 1 is 1.73 bits per heavy atom. The number of rotatable bonds is 4. The number of hydrogen-bond donors (Lipinski definition) is 3. The molecule has 0 bridgehead atoms. The van der Waals surface area contributed by atoms with Crippen LogP contribution in [0.5, 0.6) is 0 Å². The summed E-state index contributed by atoms with van der Waals surface area (Å²) in [6.45, 7) is 4.92. The first-order valence-corrected chi connectivity index (χ1v) is 3.88. The fourth-order valence-electron chi connectivity index (χ4n) is 0.539. The molecule has 0 unspecified atom stereocenters. The Bertz CT molecular complexity index is 123. The predicted molar refractivity (Wildman–Crippen MR) is 46.5 cm³/mol. The van der Waals surface area contributed by atoms with Crippen molar-refractivity contribution in [1.82, 2.24) is 5.32 Å². The normalized spacial score (nSPS) is 14.6. The lowest BCUT2D eigenvalue weighted by atomic mass is 10.4. The second-order valence-electron chi connectivity index (χ2n) is 2.50. The highest BCUT2D eigenvalue weighted by atomic mass is 16.3. The van der Waals surface area contributed by atoms with E-state index in [1.165, 1.54) is 0 Å². The molecule has 0 heterocycles. The number of guanidine groups is 1. The number of aliphatic imine (C=N–C) groups is 1. The zero-order valence-corrected chi connectivity index (χ0v) is 7.17. The van der Waals surface area contributed by atoms with Gasteiger partial charge in [0, 0.05) is 6.54 Å². The van der Waals surface area contributed by atoms with E-state index in [1.807, 2.05) is 0 Å². The maximum atomic E-state index is 8.84. The van der Waals surface area contributed by atoms with Gasteiger partial charge < -0.3 is 16.2 Å². The van der Waals surface area contributed by atoms with Gasteiger partial charge in [0.1, 0.15) is 0 Å². The van der Waals surface area contributed by atoms with E-state index in [0.717, 1.165) is 13.0 Å². The van der Waals surface area contributed by atoms with Crippen molar-refractivity contribution in [1.29, 1.82) is 0 Å². The quantitative estimate of drug-likeness (QED) is 0.389. The van der Waals surface area contributed by atoms with E-state index in [9.17, 15) is 0 Å². The summed E-state index contributed by atoms with van der Waals surface area (Å²) < 4.78 is 0. The van der Waals surface area contributed by atoms with Gasteiger partial charge in [-0.25, -0.2) is 0 Å². The Kier molecular flexibility index (Phi) is 5.56. The molecule has 0 saturated carbocycles. The Morgan fingerprint density at radius 2 is 2.36 bits per heavy atom. The SMILES string of the molecule is CCCNC(N)=NC[C@H](C)O. The third-order valence-corrected chi connectivity index (χ3v) is 1.08. The van der Waals surface area contributed by atoms with Crippen LogP contribution in [0, 0.1) is 0 Å². The molecule has 0 rings (SSSR count). The van der Waals surface area contributed by atoms with Crippen LogP contribution in [0.4, 0.5) is 0 Å². The average molecular weight is 159 g/mol. The third-order valence-electron chi connectivity index (χ3n) is 1.08. The summed E-state index contributed by atoms with van der Waals surface area (Å²) in [5.41, 5.74) is 5.44. The molecule has 11 heavy (non-hydrogen) atoms. The van der Waals surface area contributed by atoms with Gasteiger partial charge >= 0.3 is 0 Å². The zero-order chi connectivity index (χ0) is 8.69. The van der Waals surface area contributed by atoms with Crippen molar-refractivity contribution in [3.63, 3.8) is 0 Å². The minimum atomic E-state index is -0.419. The first kappa shape index (κ1) is 10.2. The number of nitrogens with zero attached hydrogens (tertiary/aromatic N) is 1. The van der Waals surface area contributed by atoms with Crippen LogP contribution in [-0.4, -0.2) is 30.3 Å². The molecular formula is C7H17N3O. The van der Waals surface area contributed by atoms with Crippen LogP contribution in [-0.2, 0) is 0 Å². The van der Waals surface area contributed by atoms with E-state index in [2.05, 4.69) is 17.2 Å². The van der Waals surface area contributed by atoms with E-state index in [-0.39, 0.29) is 0 Å². The molecule has 0 aromatic carbocycles. The van der Waals surface area contributed by atoms with Crippen LogP contribution >= 0.6 is 0 Å². The summed E-state index contributed by atoms with van der Waals surface area (Å²) in [5, 5.41) is 11.7. The summed E-state index contributed by atoms with van der Waals surface area (Å²) in [6.07, 6.45) is 0.599. The molecule has 0 aromatic heterocycles. The van der Waals surface area contributed by atoms with Crippen LogP contribution in [0.3, 0.4) is 0 Å². The molecule has 0 aliphatic heterocycles. The zero-order valence-electron chi connectivity index (χ0n) is 7.17. The standard InChI is InChI=1S/C7H17N3O/c1-3-4-9-7(8)10-5-6(2)11/h6,11H,3-5H2,1-2H3,(H3,8,9,10)/t6-/m0/s1. The Hall–Kier alpha value is -0.770. The van der Waals surface area contributed by atoms with Crippen molar-refractivity contribution in [3.8, 4) is 0 Å². The molecule has 66 valence electrons. The molecule has 0 saturated heterocycles. The number of aliphatic hydroxyl groups is 1. The van der Waals surface area contributed by atoms with Crippen molar-refractivity contribution >= 4 is 5.96 Å². The van der Waals surface area contributed by atoms with Crippen LogP contribution in [0.25, 0.3) is 0 Å². The lowest BCUT2D eigenvalue weighted by molar-refractivity contribution is 0.204. The van der Waals surface area contributed by atoms with Crippen molar-refractivity contribution < 1.29 is 5.11 Å². The average Bonchev–Trinajstić information content (AvgIpc) is 1.97. The van der Waals surface area contributed by atoms with E-state index >= 15 is 0 Å². The monoisotopic (exact) mass is 159 g/mol. The molecule has 4 heteroatoms. The molecule has 4 nitrogen and oxygen atoms in total. The first-order valence-electron chi connectivity index (χ1n) is 3.88. The second-order valence-corrected chi connectivity index (χ2v) is 2.50. The summed E-state index contributed by atoms with van der Waals surface area (Å²) in [5.74, 6) is 0.410. The molecule has 0 fully saturated rings. The van der Waals surface area contributed by atoms with E-state index in [0.29, 0.717) is 12.5 Å². The van der Waals surface area contributed by atoms with Crippen LogP contribution < -0.4 is 11.1 Å². The molecule has 0 spiro atoms. The van der Waals surface area contributed by atoms with E-state index < -0.39 is 6.10 Å². The molecule has 0 aliphatic rings. The molecule has 0 amide bonds. The lowest BCUT2D eigenvalue weighted by Gasteiger charge is -2.03. The first-order chi connectivity index (χ1) is 5.16.